The fourth-order valence-electron chi connectivity index (χ4n) is 1.77. The summed E-state index contributed by atoms with van der Waals surface area (Å²) in [6, 6.07) is 0. The van der Waals surface area contributed by atoms with Crippen LogP contribution in [0.4, 0.5) is 0 Å². The third-order valence-corrected chi connectivity index (χ3v) is 2.80. The van der Waals surface area contributed by atoms with Crippen LogP contribution in [0.1, 0.15) is 12.8 Å². The van der Waals surface area contributed by atoms with E-state index in [9.17, 15) is 14.4 Å². The first-order valence-electron chi connectivity index (χ1n) is 5.80. The summed E-state index contributed by atoms with van der Waals surface area (Å²) in [6.45, 7) is 1.33. The van der Waals surface area contributed by atoms with Gasteiger partial charge in [-0.3, -0.25) is 14.4 Å². The minimum Gasteiger partial charge on any atom is -0.481 e. The lowest BCUT2D eigenvalue weighted by Gasteiger charge is -2.15. The molecule has 1 rings (SSSR count). The molecule has 1 unspecified atom stereocenters. The lowest BCUT2D eigenvalue weighted by molar-refractivity contribution is -0.141. The molecule has 0 aromatic rings. The van der Waals surface area contributed by atoms with Gasteiger partial charge in [0.2, 0.25) is 11.8 Å². The highest BCUT2D eigenvalue weighted by molar-refractivity contribution is 5.86. The van der Waals surface area contributed by atoms with Crippen LogP contribution in [-0.4, -0.2) is 61.1 Å². The number of carboxylic acid groups (broad SMARTS) is 1. The van der Waals surface area contributed by atoms with E-state index in [0.29, 0.717) is 13.2 Å². The molecule has 102 valence electrons. The Morgan fingerprint density at radius 1 is 1.56 bits per heavy atom. The van der Waals surface area contributed by atoms with Crippen molar-refractivity contribution in [1.82, 2.24) is 10.2 Å². The van der Waals surface area contributed by atoms with Crippen molar-refractivity contribution in [2.24, 2.45) is 5.92 Å². The van der Waals surface area contributed by atoms with Gasteiger partial charge in [0.15, 0.2) is 0 Å². The predicted octanol–water partition coefficient (Wildman–Crippen LogP) is -0.928. The fraction of sp³-hybridized carbons (Fsp3) is 0.727. The van der Waals surface area contributed by atoms with Crippen molar-refractivity contribution in [3.05, 3.63) is 0 Å². The van der Waals surface area contributed by atoms with Crippen LogP contribution in [0, 0.1) is 5.92 Å². The first kappa shape index (κ1) is 14.4. The van der Waals surface area contributed by atoms with Crippen LogP contribution >= 0.6 is 0 Å². The number of nitrogens with zero attached hydrogens (tertiary/aromatic N) is 1. The minimum atomic E-state index is -0.963. The molecule has 1 fully saturated rings. The lowest BCUT2D eigenvalue weighted by Crippen LogP contribution is -2.33. The molecule has 0 radical (unpaired) electrons. The largest absolute Gasteiger partial charge is 0.481 e. The molecular weight excluding hydrogens is 240 g/mol. The molecule has 0 bridgehead atoms. The lowest BCUT2D eigenvalue weighted by atomic mass is 10.1. The van der Waals surface area contributed by atoms with Crippen molar-refractivity contribution in [2.45, 2.75) is 12.8 Å². The van der Waals surface area contributed by atoms with E-state index in [1.54, 1.807) is 7.11 Å². The molecule has 0 aliphatic carbocycles. The number of likely N-dealkylation sites (tertiary alicyclic amines) is 1. The van der Waals surface area contributed by atoms with E-state index < -0.39 is 11.9 Å². The van der Waals surface area contributed by atoms with Crippen LogP contribution in [0.15, 0.2) is 0 Å². The van der Waals surface area contributed by atoms with Crippen LogP contribution < -0.4 is 5.32 Å². The van der Waals surface area contributed by atoms with E-state index in [0.717, 1.165) is 0 Å². The van der Waals surface area contributed by atoms with Gasteiger partial charge in [-0.1, -0.05) is 0 Å². The number of nitrogens with one attached hydrogen (secondary N) is 1. The van der Waals surface area contributed by atoms with Gasteiger partial charge in [0.25, 0.3) is 0 Å². The molecule has 7 nitrogen and oxygen atoms in total. The second-order valence-corrected chi connectivity index (χ2v) is 4.17. The van der Waals surface area contributed by atoms with Gasteiger partial charge in [-0.2, -0.15) is 0 Å². The highest BCUT2D eigenvalue weighted by atomic mass is 16.5. The summed E-state index contributed by atoms with van der Waals surface area (Å²) in [5.74, 6) is -1.98. The topological polar surface area (TPSA) is 95.9 Å². The van der Waals surface area contributed by atoms with Gasteiger partial charge in [-0.25, -0.2) is 0 Å². The Kier molecular flexibility index (Phi) is 5.57. The van der Waals surface area contributed by atoms with E-state index in [4.69, 9.17) is 9.84 Å². The number of hydrogen-bond donors (Lipinski definition) is 2. The quantitative estimate of drug-likeness (QED) is 0.575. The number of carbonyl (C=O) groups excluding carboxylic acids is 2. The first-order valence-corrected chi connectivity index (χ1v) is 5.80. The summed E-state index contributed by atoms with van der Waals surface area (Å²) >= 11 is 0. The Hall–Kier alpha value is -1.63. The number of carboxylic acids is 1. The minimum absolute atomic E-state index is 0.0284. The maximum atomic E-state index is 11.5. The fourth-order valence-corrected chi connectivity index (χ4v) is 1.77. The zero-order chi connectivity index (χ0) is 13.5. The van der Waals surface area contributed by atoms with Crippen LogP contribution in [0.5, 0.6) is 0 Å². The highest BCUT2D eigenvalue weighted by Gasteiger charge is 2.33. The van der Waals surface area contributed by atoms with Gasteiger partial charge < -0.3 is 20.1 Å². The highest BCUT2D eigenvalue weighted by Crippen LogP contribution is 2.17. The number of hydrogen-bond acceptors (Lipinski definition) is 4. The molecule has 2 amide bonds. The second-order valence-electron chi connectivity index (χ2n) is 4.17. The molecule has 7 heteroatoms. The molecule has 0 saturated carbocycles. The number of aliphatic carboxylic acids is 1. The maximum Gasteiger partial charge on any atom is 0.308 e. The smallest absolute Gasteiger partial charge is 0.308 e. The van der Waals surface area contributed by atoms with Crippen LogP contribution in [0.2, 0.25) is 0 Å². The number of ether oxygens (including phenoxy) is 1. The number of carbonyl (C=O) groups is 3. The SMILES string of the molecule is COCCNC(=O)CCN1CC(C(=O)O)CC1=O. The summed E-state index contributed by atoms with van der Waals surface area (Å²) in [5.41, 5.74) is 0. The van der Waals surface area contributed by atoms with Gasteiger partial charge in [0.05, 0.1) is 12.5 Å². The standard InChI is InChI=1S/C11H18N2O5/c1-18-5-3-12-9(14)2-4-13-7-8(11(16)17)6-10(13)15/h8H,2-7H2,1H3,(H,12,14)(H,16,17). The Morgan fingerprint density at radius 2 is 2.28 bits per heavy atom. The van der Waals surface area contributed by atoms with Gasteiger partial charge in [-0.05, 0) is 0 Å². The maximum absolute atomic E-state index is 11.5. The van der Waals surface area contributed by atoms with Gasteiger partial charge in [0.1, 0.15) is 0 Å². The summed E-state index contributed by atoms with van der Waals surface area (Å²) in [5, 5.41) is 11.4. The Balaban J connectivity index is 2.25. The first-order chi connectivity index (χ1) is 8.54. The molecule has 1 saturated heterocycles. The van der Waals surface area contributed by atoms with Crippen LogP contribution in [0.3, 0.4) is 0 Å². The molecule has 0 aromatic heterocycles. The van der Waals surface area contributed by atoms with Gasteiger partial charge >= 0.3 is 5.97 Å². The van der Waals surface area contributed by atoms with Crippen LogP contribution in [-0.2, 0) is 19.1 Å². The number of methoxy groups -OCH3 is 1. The zero-order valence-corrected chi connectivity index (χ0v) is 10.3. The Labute approximate surface area is 105 Å². The summed E-state index contributed by atoms with van der Waals surface area (Å²) in [7, 11) is 1.54. The summed E-state index contributed by atoms with van der Waals surface area (Å²) in [4.78, 5) is 35.0. The number of amides is 2. The average molecular weight is 258 g/mol. The van der Waals surface area contributed by atoms with Crippen molar-refractivity contribution < 1.29 is 24.2 Å². The normalized spacial score (nSPS) is 19.1. The van der Waals surface area contributed by atoms with E-state index in [-0.39, 0.29) is 37.7 Å². The molecule has 1 atom stereocenters. The Bertz CT molecular complexity index is 331. The van der Waals surface area contributed by atoms with Gasteiger partial charge in [0, 0.05) is 39.6 Å². The zero-order valence-electron chi connectivity index (χ0n) is 10.3. The van der Waals surface area contributed by atoms with E-state index in [1.807, 2.05) is 0 Å². The van der Waals surface area contributed by atoms with E-state index >= 15 is 0 Å². The van der Waals surface area contributed by atoms with Crippen molar-refractivity contribution in [1.29, 1.82) is 0 Å². The average Bonchev–Trinajstić information content (AvgIpc) is 2.69. The van der Waals surface area contributed by atoms with Crippen molar-refractivity contribution in [3.63, 3.8) is 0 Å². The molecule has 1 aliphatic rings. The monoisotopic (exact) mass is 258 g/mol. The molecule has 18 heavy (non-hydrogen) atoms. The Morgan fingerprint density at radius 3 is 2.83 bits per heavy atom. The van der Waals surface area contributed by atoms with Crippen molar-refractivity contribution >= 4 is 17.8 Å². The molecular formula is C11H18N2O5. The van der Waals surface area contributed by atoms with E-state index in [1.165, 1.54) is 4.90 Å². The van der Waals surface area contributed by atoms with Crippen LogP contribution in [0.25, 0.3) is 0 Å². The van der Waals surface area contributed by atoms with Gasteiger partial charge in [-0.15, -0.1) is 0 Å². The molecule has 1 aliphatic heterocycles. The van der Waals surface area contributed by atoms with Crippen molar-refractivity contribution in [2.75, 3.05) is 33.4 Å². The van der Waals surface area contributed by atoms with Crippen molar-refractivity contribution in [3.8, 4) is 0 Å². The third-order valence-electron chi connectivity index (χ3n) is 2.80. The molecule has 2 N–H and O–H groups in total. The predicted molar refractivity (Wildman–Crippen MR) is 61.8 cm³/mol. The molecule has 1 heterocycles. The van der Waals surface area contributed by atoms with E-state index in [2.05, 4.69) is 5.32 Å². The summed E-state index contributed by atoms with van der Waals surface area (Å²) < 4.78 is 4.78. The number of rotatable bonds is 7. The second kappa shape index (κ2) is 6.95. The summed E-state index contributed by atoms with van der Waals surface area (Å²) in [6.07, 6.45) is 0.211. The third kappa shape index (κ3) is 4.33. The molecule has 0 aromatic carbocycles. The molecule has 0 spiro atoms.